The van der Waals surface area contributed by atoms with Crippen molar-refractivity contribution in [1.82, 2.24) is 5.32 Å². The lowest BCUT2D eigenvalue weighted by molar-refractivity contribution is -0.125. The van der Waals surface area contributed by atoms with E-state index >= 15 is 0 Å². The van der Waals surface area contributed by atoms with Gasteiger partial charge in [-0.25, -0.2) is 0 Å². The van der Waals surface area contributed by atoms with Crippen LogP contribution in [0.3, 0.4) is 0 Å². The van der Waals surface area contributed by atoms with Crippen LogP contribution in [0.5, 0.6) is 0 Å². The number of carbonyl (C=O) groups excluding carboxylic acids is 1. The quantitative estimate of drug-likeness (QED) is 0.836. The Morgan fingerprint density at radius 1 is 1.35 bits per heavy atom. The molecule has 3 nitrogen and oxygen atoms in total. The van der Waals surface area contributed by atoms with Crippen molar-refractivity contribution in [2.45, 2.75) is 25.4 Å². The molecular weight excluding hydrogens is 336 g/mol. The Morgan fingerprint density at radius 2 is 2.05 bits per heavy atom. The van der Waals surface area contributed by atoms with E-state index in [1.165, 1.54) is 4.88 Å². The number of hydrogen-bond donors (Lipinski definition) is 2. The number of thiophene rings is 1. The number of amides is 1. The van der Waals surface area contributed by atoms with Gasteiger partial charge in [0.1, 0.15) is 5.54 Å². The lowest BCUT2D eigenvalue weighted by Gasteiger charge is -2.31. The van der Waals surface area contributed by atoms with E-state index in [0.717, 1.165) is 10.0 Å². The van der Waals surface area contributed by atoms with Gasteiger partial charge >= 0.3 is 0 Å². The molecule has 1 atom stereocenters. The monoisotopic (exact) mass is 352 g/mol. The highest BCUT2D eigenvalue weighted by atomic mass is 79.9. The molecule has 1 aromatic carbocycles. The van der Waals surface area contributed by atoms with Gasteiger partial charge in [0.25, 0.3) is 0 Å². The Hall–Kier alpha value is -1.17. The normalized spacial score (nSPS) is 13.9. The van der Waals surface area contributed by atoms with Crippen LogP contribution in [0.2, 0.25) is 0 Å². The second-order valence-corrected chi connectivity index (χ2v) is 6.51. The first-order chi connectivity index (χ1) is 9.58. The maximum absolute atomic E-state index is 12.0. The Morgan fingerprint density at radius 3 is 2.55 bits per heavy atom. The summed E-state index contributed by atoms with van der Waals surface area (Å²) in [6.45, 7) is 2.60. The number of primary amides is 1. The fourth-order valence-electron chi connectivity index (χ4n) is 2.22. The fourth-order valence-corrected chi connectivity index (χ4v) is 3.13. The molecule has 0 aliphatic heterocycles. The molecule has 1 heterocycles. The largest absolute Gasteiger partial charge is 0.368 e. The fraction of sp³-hybridized carbons (Fsp3) is 0.267. The minimum atomic E-state index is -0.829. The zero-order chi connectivity index (χ0) is 14.6. The predicted molar refractivity (Wildman–Crippen MR) is 86.5 cm³/mol. The summed E-state index contributed by atoms with van der Waals surface area (Å²) < 4.78 is 0.981. The summed E-state index contributed by atoms with van der Waals surface area (Å²) in [4.78, 5) is 13.2. The molecule has 0 spiro atoms. The molecule has 1 unspecified atom stereocenters. The summed E-state index contributed by atoms with van der Waals surface area (Å²) in [5, 5.41) is 5.36. The van der Waals surface area contributed by atoms with Crippen LogP contribution in [0.1, 0.15) is 23.8 Å². The molecule has 1 aromatic heterocycles. The number of nitrogens with two attached hydrogens (primary N) is 1. The molecule has 2 aromatic rings. The van der Waals surface area contributed by atoms with Crippen LogP contribution in [0, 0.1) is 0 Å². The molecule has 0 saturated carbocycles. The standard InChI is InChI=1S/C15H17BrN2OS/c1-2-15(14(17)19,11-5-7-12(16)8-6-11)18-10-13-4-3-9-20-13/h3-9,18H,2,10H2,1H3,(H2,17,19). The van der Waals surface area contributed by atoms with Gasteiger partial charge in [0, 0.05) is 15.9 Å². The number of nitrogens with one attached hydrogen (secondary N) is 1. The minimum Gasteiger partial charge on any atom is -0.368 e. The second-order valence-electron chi connectivity index (χ2n) is 4.56. The number of hydrogen-bond acceptors (Lipinski definition) is 3. The molecule has 0 fully saturated rings. The average molecular weight is 353 g/mol. The first kappa shape index (κ1) is 15.2. The van der Waals surface area contributed by atoms with Gasteiger partial charge in [-0.3, -0.25) is 10.1 Å². The lowest BCUT2D eigenvalue weighted by atomic mass is 9.86. The Balaban J connectivity index is 2.29. The highest BCUT2D eigenvalue weighted by Crippen LogP contribution is 2.27. The van der Waals surface area contributed by atoms with Crippen molar-refractivity contribution in [3.05, 3.63) is 56.7 Å². The van der Waals surface area contributed by atoms with Crippen LogP contribution in [-0.4, -0.2) is 5.91 Å². The SMILES string of the molecule is CCC(NCc1cccs1)(C(N)=O)c1ccc(Br)cc1. The molecule has 20 heavy (non-hydrogen) atoms. The van der Waals surface area contributed by atoms with Crippen LogP contribution in [0.25, 0.3) is 0 Å². The third kappa shape index (κ3) is 3.11. The number of halogens is 1. The van der Waals surface area contributed by atoms with Gasteiger partial charge in [0.2, 0.25) is 5.91 Å². The van der Waals surface area contributed by atoms with Crippen molar-refractivity contribution in [2.24, 2.45) is 5.73 Å². The van der Waals surface area contributed by atoms with E-state index in [4.69, 9.17) is 5.73 Å². The minimum absolute atomic E-state index is 0.348. The van der Waals surface area contributed by atoms with Crippen molar-refractivity contribution in [2.75, 3.05) is 0 Å². The first-order valence-corrected chi connectivity index (χ1v) is 8.09. The summed E-state index contributed by atoms with van der Waals surface area (Å²) in [7, 11) is 0. The predicted octanol–water partition coefficient (Wildman–Crippen LogP) is 3.39. The van der Waals surface area contributed by atoms with Crippen LogP contribution in [0.4, 0.5) is 0 Å². The Bertz CT molecular complexity index is 568. The number of carbonyl (C=O) groups is 1. The van der Waals surface area contributed by atoms with E-state index in [1.54, 1.807) is 11.3 Å². The van der Waals surface area contributed by atoms with Crippen LogP contribution in [-0.2, 0) is 16.9 Å². The van der Waals surface area contributed by atoms with Gasteiger partial charge in [0.15, 0.2) is 0 Å². The van der Waals surface area contributed by atoms with Gasteiger partial charge in [-0.15, -0.1) is 11.3 Å². The van der Waals surface area contributed by atoms with Crippen molar-refractivity contribution in [3.63, 3.8) is 0 Å². The lowest BCUT2D eigenvalue weighted by Crippen LogP contribution is -2.51. The summed E-state index contributed by atoms with van der Waals surface area (Å²) in [6.07, 6.45) is 0.606. The Kier molecular flexibility index (Phi) is 4.96. The van der Waals surface area contributed by atoms with E-state index in [-0.39, 0.29) is 5.91 Å². The average Bonchev–Trinajstić information content (AvgIpc) is 2.94. The molecule has 1 amide bonds. The van der Waals surface area contributed by atoms with Crippen LogP contribution < -0.4 is 11.1 Å². The van der Waals surface area contributed by atoms with Gasteiger partial charge in [-0.2, -0.15) is 0 Å². The van der Waals surface area contributed by atoms with Gasteiger partial charge in [0.05, 0.1) is 0 Å². The van der Waals surface area contributed by atoms with Crippen molar-refractivity contribution < 1.29 is 4.79 Å². The van der Waals surface area contributed by atoms with Gasteiger partial charge in [-0.05, 0) is 35.6 Å². The molecular formula is C15H17BrN2OS. The molecule has 0 aliphatic carbocycles. The van der Waals surface area contributed by atoms with Crippen LogP contribution >= 0.6 is 27.3 Å². The maximum Gasteiger partial charge on any atom is 0.242 e. The van der Waals surface area contributed by atoms with Crippen LogP contribution in [0.15, 0.2) is 46.3 Å². The van der Waals surface area contributed by atoms with E-state index in [9.17, 15) is 4.79 Å². The van der Waals surface area contributed by atoms with Crippen molar-refractivity contribution in [1.29, 1.82) is 0 Å². The molecule has 5 heteroatoms. The maximum atomic E-state index is 12.0. The molecule has 3 N–H and O–H groups in total. The zero-order valence-corrected chi connectivity index (χ0v) is 13.6. The Labute approximate surface area is 131 Å². The summed E-state index contributed by atoms with van der Waals surface area (Å²) in [5.41, 5.74) is 5.75. The van der Waals surface area contributed by atoms with E-state index in [0.29, 0.717) is 13.0 Å². The molecule has 0 radical (unpaired) electrons. The number of benzene rings is 1. The highest BCUT2D eigenvalue weighted by molar-refractivity contribution is 9.10. The highest BCUT2D eigenvalue weighted by Gasteiger charge is 2.36. The second kappa shape index (κ2) is 6.52. The summed E-state index contributed by atoms with van der Waals surface area (Å²) in [5.74, 6) is -0.348. The molecule has 0 saturated heterocycles. The van der Waals surface area contributed by atoms with Crippen molar-refractivity contribution in [3.8, 4) is 0 Å². The molecule has 2 rings (SSSR count). The third-order valence-corrected chi connectivity index (χ3v) is 4.84. The van der Waals surface area contributed by atoms with E-state index in [2.05, 4.69) is 21.2 Å². The van der Waals surface area contributed by atoms with E-state index < -0.39 is 5.54 Å². The van der Waals surface area contributed by atoms with Gasteiger partial charge in [-0.1, -0.05) is 41.1 Å². The van der Waals surface area contributed by atoms with E-state index in [1.807, 2.05) is 48.7 Å². The summed E-state index contributed by atoms with van der Waals surface area (Å²) in [6, 6.07) is 11.8. The topological polar surface area (TPSA) is 55.1 Å². The molecule has 0 bridgehead atoms. The first-order valence-electron chi connectivity index (χ1n) is 6.42. The van der Waals surface area contributed by atoms with Gasteiger partial charge < -0.3 is 5.73 Å². The zero-order valence-electron chi connectivity index (χ0n) is 11.2. The molecule has 106 valence electrons. The third-order valence-electron chi connectivity index (χ3n) is 3.43. The van der Waals surface area contributed by atoms with Crippen molar-refractivity contribution >= 4 is 33.2 Å². The summed E-state index contributed by atoms with van der Waals surface area (Å²) >= 11 is 5.07. The molecule has 0 aliphatic rings. The smallest absolute Gasteiger partial charge is 0.242 e. The number of rotatable bonds is 6.